The van der Waals surface area contributed by atoms with E-state index in [0.717, 1.165) is 74.4 Å². The van der Waals surface area contributed by atoms with Crippen molar-refractivity contribution in [1.82, 2.24) is 20.4 Å². The fourth-order valence-corrected chi connectivity index (χ4v) is 6.64. The van der Waals surface area contributed by atoms with Crippen LogP contribution >= 0.6 is 0 Å². The van der Waals surface area contributed by atoms with Gasteiger partial charge in [0.15, 0.2) is 5.78 Å². The molecule has 2 bridgehead atoms. The smallest absolute Gasteiger partial charge is 0.236 e. The molecule has 0 aliphatic carbocycles. The Bertz CT molecular complexity index is 1340. The van der Waals surface area contributed by atoms with Gasteiger partial charge in [-0.15, -0.1) is 5.10 Å². The number of hydrogen-bond acceptors (Lipinski definition) is 6. The summed E-state index contributed by atoms with van der Waals surface area (Å²) < 4.78 is 11.7. The van der Waals surface area contributed by atoms with E-state index in [9.17, 15) is 4.79 Å². The number of rotatable bonds is 14. The molecule has 1 aromatic heterocycles. The van der Waals surface area contributed by atoms with Crippen molar-refractivity contribution in [3.63, 3.8) is 0 Å². The molecule has 2 N–H and O–H groups in total. The summed E-state index contributed by atoms with van der Waals surface area (Å²) in [5, 5.41) is 11.5. The van der Waals surface area contributed by atoms with Gasteiger partial charge in [-0.3, -0.25) is 14.8 Å². The summed E-state index contributed by atoms with van der Waals surface area (Å²) in [7, 11) is 1.70. The summed E-state index contributed by atoms with van der Waals surface area (Å²) in [5.41, 5.74) is 6.33. The van der Waals surface area contributed by atoms with Crippen molar-refractivity contribution in [2.75, 3.05) is 39.9 Å². The number of ketones is 1. The van der Waals surface area contributed by atoms with Crippen molar-refractivity contribution < 1.29 is 14.3 Å². The first-order valence-electron chi connectivity index (χ1n) is 15.6. The molecule has 3 fully saturated rings. The number of ether oxygens (including phenoxy) is 2. The van der Waals surface area contributed by atoms with E-state index in [1.807, 2.05) is 26.0 Å². The molecular formula is C35H48N4O3. The maximum Gasteiger partial charge on any atom is 0.236 e. The maximum absolute atomic E-state index is 13.7. The third-order valence-corrected chi connectivity index (χ3v) is 9.03. The van der Waals surface area contributed by atoms with Gasteiger partial charge in [0, 0.05) is 11.1 Å². The summed E-state index contributed by atoms with van der Waals surface area (Å²) in [6.07, 6.45) is 6.19. The van der Waals surface area contributed by atoms with Crippen molar-refractivity contribution in [3.8, 4) is 22.9 Å². The molecule has 3 aliphatic rings. The zero-order chi connectivity index (χ0) is 29.7. The molecule has 0 spiro atoms. The Labute approximate surface area is 251 Å². The number of nitrogens with one attached hydrogen (secondary N) is 2. The zero-order valence-corrected chi connectivity index (χ0v) is 26.1. The fraction of sp³-hybridized carbons (Fsp3) is 0.543. The van der Waals surface area contributed by atoms with Crippen molar-refractivity contribution in [2.45, 2.75) is 72.3 Å². The lowest BCUT2D eigenvalue weighted by Crippen LogP contribution is -2.55. The number of aromatic nitrogens is 2. The molecule has 2 aromatic carbocycles. The molecular weight excluding hydrogens is 524 g/mol. The Morgan fingerprint density at radius 3 is 2.52 bits per heavy atom. The second-order valence-corrected chi connectivity index (χ2v) is 13.0. The van der Waals surface area contributed by atoms with Crippen molar-refractivity contribution in [2.24, 2.45) is 11.3 Å². The molecule has 7 heteroatoms. The Balaban J connectivity index is 1.23. The second kappa shape index (κ2) is 13.4. The first-order chi connectivity index (χ1) is 20.2. The summed E-state index contributed by atoms with van der Waals surface area (Å²) in [5.74, 6) is 2.51. The van der Waals surface area contributed by atoms with Crippen LogP contribution in [0.15, 0.2) is 42.5 Å². The highest BCUT2D eigenvalue weighted by Gasteiger charge is 2.43. The van der Waals surface area contributed by atoms with E-state index >= 15 is 0 Å². The summed E-state index contributed by atoms with van der Waals surface area (Å²) in [6.45, 7) is 12.5. The van der Waals surface area contributed by atoms with Gasteiger partial charge in [-0.1, -0.05) is 29.3 Å². The molecule has 3 aliphatic heterocycles. The van der Waals surface area contributed by atoms with Crippen LogP contribution in [-0.4, -0.2) is 66.8 Å². The highest BCUT2D eigenvalue weighted by molar-refractivity contribution is 5.89. The third-order valence-electron chi connectivity index (χ3n) is 9.03. The first-order valence-corrected chi connectivity index (χ1v) is 15.6. The minimum atomic E-state index is -0.583. The van der Waals surface area contributed by atoms with Crippen molar-refractivity contribution >= 4 is 5.78 Å². The van der Waals surface area contributed by atoms with E-state index in [4.69, 9.17) is 9.47 Å². The average molecular weight is 573 g/mol. The number of benzene rings is 2. The van der Waals surface area contributed by atoms with Crippen LogP contribution in [0.25, 0.3) is 11.3 Å². The quantitative estimate of drug-likeness (QED) is 0.233. The van der Waals surface area contributed by atoms with Gasteiger partial charge in [-0.25, -0.2) is 0 Å². The van der Waals surface area contributed by atoms with Crippen LogP contribution < -0.4 is 14.8 Å². The molecule has 226 valence electrons. The van der Waals surface area contributed by atoms with Crippen LogP contribution in [-0.2, 0) is 17.6 Å². The topological polar surface area (TPSA) is 79.5 Å². The SMILES string of the molecule is COc1cccc(CCNCCCc2c(OCC(C)(C)C(=O)[C@@H]3CC4CCN3CC4)n[nH]c2-c2cc(C)cc(C)c2)c1. The molecule has 4 heterocycles. The lowest BCUT2D eigenvalue weighted by atomic mass is 9.75. The van der Waals surface area contributed by atoms with E-state index in [0.29, 0.717) is 24.2 Å². The molecule has 42 heavy (non-hydrogen) atoms. The van der Waals surface area contributed by atoms with Crippen LogP contribution in [0.1, 0.15) is 61.8 Å². The number of Topliss-reactive ketones (excluding diaryl/α,β-unsaturated/α-hetero) is 1. The van der Waals surface area contributed by atoms with Gasteiger partial charge in [0.25, 0.3) is 0 Å². The number of H-pyrrole nitrogens is 1. The second-order valence-electron chi connectivity index (χ2n) is 13.0. The standard InChI is InChI=1S/C35H48N4O3/c1-24-18-25(2)20-28(19-24)32-30(10-7-14-36-15-11-26-8-6-9-29(21-26)41-5)34(38-37-32)42-23-35(3,4)33(40)31-22-27-12-16-39(31)17-13-27/h6,8-9,18-21,27,31,36H,7,10-17,22-23H2,1-5H3,(H,37,38)/t31-/m0/s1. The lowest BCUT2D eigenvalue weighted by molar-refractivity contribution is -0.138. The van der Waals surface area contributed by atoms with Gasteiger partial charge in [-0.05, 0) is 128 Å². The predicted octanol–water partition coefficient (Wildman–Crippen LogP) is 5.93. The molecule has 0 amide bonds. The number of piperidine rings is 3. The monoisotopic (exact) mass is 572 g/mol. The van der Waals surface area contributed by atoms with Crippen molar-refractivity contribution in [3.05, 3.63) is 64.7 Å². The number of aryl methyl sites for hydroxylation is 2. The molecule has 1 atom stereocenters. The number of fused-ring (bicyclic) bond motifs is 3. The average Bonchev–Trinajstić information content (AvgIpc) is 3.40. The van der Waals surface area contributed by atoms with Crippen LogP contribution in [0, 0.1) is 25.2 Å². The minimum absolute atomic E-state index is 0.0311. The van der Waals surface area contributed by atoms with E-state index in [1.54, 1.807) is 7.11 Å². The van der Waals surface area contributed by atoms with E-state index in [1.165, 1.54) is 29.5 Å². The van der Waals surface area contributed by atoms with Crippen LogP contribution in [0.3, 0.4) is 0 Å². The maximum atomic E-state index is 13.7. The van der Waals surface area contributed by atoms with Crippen LogP contribution in [0.2, 0.25) is 0 Å². The number of carbonyl (C=O) groups is 1. The highest BCUT2D eigenvalue weighted by atomic mass is 16.5. The molecule has 0 radical (unpaired) electrons. The van der Waals surface area contributed by atoms with Gasteiger partial charge >= 0.3 is 0 Å². The summed E-state index contributed by atoms with van der Waals surface area (Å²) in [4.78, 5) is 16.1. The minimum Gasteiger partial charge on any atom is -0.497 e. The third kappa shape index (κ3) is 7.24. The Morgan fingerprint density at radius 2 is 1.83 bits per heavy atom. The van der Waals surface area contributed by atoms with Gasteiger partial charge in [0.1, 0.15) is 12.4 Å². The lowest BCUT2D eigenvalue weighted by Gasteiger charge is -2.46. The zero-order valence-electron chi connectivity index (χ0n) is 26.1. The van der Waals surface area contributed by atoms with Gasteiger partial charge < -0.3 is 14.8 Å². The number of carbonyl (C=O) groups excluding carboxylic acids is 1. The largest absolute Gasteiger partial charge is 0.497 e. The number of methoxy groups -OCH3 is 1. The fourth-order valence-electron chi connectivity index (χ4n) is 6.64. The van der Waals surface area contributed by atoms with Gasteiger partial charge in [0.05, 0.1) is 24.3 Å². The van der Waals surface area contributed by atoms with Gasteiger partial charge in [-0.2, -0.15) is 0 Å². The van der Waals surface area contributed by atoms with Crippen molar-refractivity contribution in [1.29, 1.82) is 0 Å². The summed E-state index contributed by atoms with van der Waals surface area (Å²) in [6, 6.07) is 14.8. The van der Waals surface area contributed by atoms with Gasteiger partial charge in [0.2, 0.25) is 5.88 Å². The van der Waals surface area contributed by atoms with E-state index < -0.39 is 5.41 Å². The Hall–Kier alpha value is -3.16. The molecule has 7 nitrogen and oxygen atoms in total. The van der Waals surface area contributed by atoms with E-state index in [2.05, 4.69) is 64.6 Å². The van der Waals surface area contributed by atoms with Crippen LogP contribution in [0.5, 0.6) is 11.6 Å². The summed E-state index contributed by atoms with van der Waals surface area (Å²) >= 11 is 0. The molecule has 6 rings (SSSR count). The highest BCUT2D eigenvalue weighted by Crippen LogP contribution is 2.36. The Morgan fingerprint density at radius 1 is 1.07 bits per heavy atom. The Kier molecular flexibility index (Phi) is 9.69. The first kappa shape index (κ1) is 30.3. The number of hydrogen-bond donors (Lipinski definition) is 2. The molecule has 0 saturated carbocycles. The molecule has 3 aromatic rings. The predicted molar refractivity (Wildman–Crippen MR) is 168 cm³/mol. The number of nitrogens with zero attached hydrogens (tertiary/aromatic N) is 2. The normalized spacial score (nSPS) is 20.1. The molecule has 3 saturated heterocycles. The molecule has 0 unspecified atom stereocenters. The van der Waals surface area contributed by atoms with Crippen LogP contribution in [0.4, 0.5) is 0 Å². The van der Waals surface area contributed by atoms with E-state index in [-0.39, 0.29) is 6.04 Å². The number of aromatic amines is 1.